The molecule has 2 aromatic rings. The number of ether oxygens (including phenoxy) is 2. The minimum Gasteiger partial charge on any atom is -0.481 e. The molecule has 0 amide bonds. The van der Waals surface area contributed by atoms with Crippen molar-refractivity contribution < 1.29 is 44.3 Å². The van der Waals surface area contributed by atoms with Gasteiger partial charge in [-0.2, -0.15) is 0 Å². The molecule has 0 aliphatic carbocycles. The lowest BCUT2D eigenvalue weighted by Crippen LogP contribution is -2.68. The van der Waals surface area contributed by atoms with E-state index in [-0.39, 0.29) is 19.8 Å². The van der Waals surface area contributed by atoms with E-state index in [0.717, 1.165) is 10.5 Å². The van der Waals surface area contributed by atoms with Gasteiger partial charge in [0.1, 0.15) is 0 Å². The van der Waals surface area contributed by atoms with E-state index in [1.807, 2.05) is 36.4 Å². The van der Waals surface area contributed by atoms with Crippen molar-refractivity contribution in [2.75, 3.05) is 19.8 Å². The summed E-state index contributed by atoms with van der Waals surface area (Å²) < 4.78 is 11.6. The highest BCUT2D eigenvalue weighted by atomic mass is 16.7. The molecule has 0 saturated carbocycles. The van der Waals surface area contributed by atoms with Gasteiger partial charge in [-0.25, -0.2) is 9.69 Å². The summed E-state index contributed by atoms with van der Waals surface area (Å²) in [7, 11) is 0. The number of aliphatic hydroxyl groups is 1. The monoisotopic (exact) mass is 515 g/mol. The molecule has 0 aromatic heterocycles. The molecule has 2 rings (SSSR count). The van der Waals surface area contributed by atoms with Crippen molar-refractivity contribution >= 4 is 29.6 Å². The molecule has 2 unspecified atom stereocenters. The fourth-order valence-electron chi connectivity index (χ4n) is 4.13. The first kappa shape index (κ1) is 29.7. The fraction of sp³-hybridized carbons (Fsp3) is 0.370. The van der Waals surface area contributed by atoms with Gasteiger partial charge < -0.3 is 29.9 Å². The molecule has 10 heteroatoms. The third kappa shape index (κ3) is 7.46. The molecule has 4 N–H and O–H groups in total. The molecule has 0 saturated heterocycles. The van der Waals surface area contributed by atoms with Crippen LogP contribution in [0.25, 0.3) is 11.6 Å². The minimum atomic E-state index is -3.22. The van der Waals surface area contributed by atoms with Gasteiger partial charge in [0.2, 0.25) is 5.91 Å². The fourth-order valence-corrected chi connectivity index (χ4v) is 4.13. The van der Waals surface area contributed by atoms with Crippen LogP contribution in [0.4, 0.5) is 0 Å². The number of aliphatic carboxylic acids is 3. The molecule has 0 bridgehead atoms. The first-order valence-corrected chi connectivity index (χ1v) is 11.7. The molecule has 37 heavy (non-hydrogen) atoms. The second kappa shape index (κ2) is 13.1. The highest BCUT2D eigenvalue weighted by molar-refractivity contribution is 5.92. The first-order valence-electron chi connectivity index (χ1n) is 11.7. The van der Waals surface area contributed by atoms with Gasteiger partial charge in [0.25, 0.3) is 0 Å². The zero-order valence-corrected chi connectivity index (χ0v) is 21.0. The highest BCUT2D eigenvalue weighted by Gasteiger charge is 2.57. The Hall–Kier alpha value is -3.57. The zero-order chi connectivity index (χ0) is 27.6. The predicted octanol–water partition coefficient (Wildman–Crippen LogP) is 3.02. The van der Waals surface area contributed by atoms with E-state index < -0.39 is 41.9 Å². The molecule has 0 heterocycles. The highest BCUT2D eigenvalue weighted by Crippen LogP contribution is 2.33. The van der Waals surface area contributed by atoms with Crippen molar-refractivity contribution in [1.82, 2.24) is 4.90 Å². The molecule has 10 nitrogen and oxygen atoms in total. The summed E-state index contributed by atoms with van der Waals surface area (Å²) in [5, 5.41) is 40.6. The van der Waals surface area contributed by atoms with E-state index in [4.69, 9.17) is 9.47 Å². The number of carboxylic acids is 3. The summed E-state index contributed by atoms with van der Waals surface area (Å²) in [5.74, 6) is -7.30. The summed E-state index contributed by atoms with van der Waals surface area (Å²) in [6.07, 6.45) is 0.420. The van der Waals surface area contributed by atoms with Crippen LogP contribution in [-0.4, -0.2) is 80.5 Å². The van der Waals surface area contributed by atoms with Crippen LogP contribution in [0.2, 0.25) is 0 Å². The number of hydrogen-bond acceptors (Lipinski definition) is 7. The number of rotatable bonds is 15. The Morgan fingerprint density at radius 1 is 0.919 bits per heavy atom. The van der Waals surface area contributed by atoms with Crippen LogP contribution in [0.1, 0.15) is 38.3 Å². The van der Waals surface area contributed by atoms with E-state index in [1.54, 1.807) is 44.2 Å². The number of hydrogen-bond donors (Lipinski definition) is 4. The van der Waals surface area contributed by atoms with Crippen molar-refractivity contribution in [2.24, 2.45) is 0 Å². The Labute approximate surface area is 215 Å². The van der Waals surface area contributed by atoms with Crippen LogP contribution in [0.3, 0.4) is 0 Å². The Morgan fingerprint density at radius 2 is 1.43 bits per heavy atom. The van der Waals surface area contributed by atoms with E-state index in [0.29, 0.717) is 11.1 Å². The van der Waals surface area contributed by atoms with Crippen molar-refractivity contribution in [3.05, 3.63) is 71.8 Å². The maximum absolute atomic E-state index is 12.6. The lowest BCUT2D eigenvalue weighted by atomic mass is 9.87. The van der Waals surface area contributed by atoms with Gasteiger partial charge in [-0.15, -0.1) is 0 Å². The average Bonchev–Trinajstić information content (AvgIpc) is 2.83. The summed E-state index contributed by atoms with van der Waals surface area (Å²) in [6.45, 7) is 4.51. The Kier molecular flexibility index (Phi) is 10.5. The average molecular weight is 516 g/mol. The molecule has 0 spiro atoms. The number of carboxylic acid groups (broad SMARTS) is 3. The third-order valence-corrected chi connectivity index (χ3v) is 5.76. The summed E-state index contributed by atoms with van der Waals surface area (Å²) in [4.78, 5) is 37.4. The van der Waals surface area contributed by atoms with Gasteiger partial charge in [-0.3, -0.25) is 9.59 Å². The quantitative estimate of drug-likeness (QED) is 0.206. The summed E-state index contributed by atoms with van der Waals surface area (Å²) in [5.41, 5.74) is -1.21. The van der Waals surface area contributed by atoms with Gasteiger partial charge in [0.15, 0.2) is 11.6 Å². The first-order chi connectivity index (χ1) is 17.5. The molecule has 2 aromatic carbocycles. The van der Waals surface area contributed by atoms with Crippen LogP contribution in [0.15, 0.2) is 60.7 Å². The number of benzene rings is 2. The normalized spacial score (nSPS) is 14.7. The summed E-state index contributed by atoms with van der Waals surface area (Å²) in [6, 6.07) is 15.9. The van der Waals surface area contributed by atoms with Gasteiger partial charge in [-0.1, -0.05) is 60.7 Å². The summed E-state index contributed by atoms with van der Waals surface area (Å²) >= 11 is 0. The van der Waals surface area contributed by atoms with Crippen LogP contribution >= 0.6 is 0 Å². The second-order valence-corrected chi connectivity index (χ2v) is 8.38. The second-order valence-electron chi connectivity index (χ2n) is 8.38. The van der Waals surface area contributed by atoms with Crippen molar-refractivity contribution in [3.63, 3.8) is 0 Å². The molecule has 0 radical (unpaired) electrons. The topological polar surface area (TPSA) is 154 Å². The molecular formula is C27H33NO9. The Bertz CT molecular complexity index is 1080. The smallest absolute Gasteiger partial charge is 0.338 e. The largest absolute Gasteiger partial charge is 0.481 e. The SMILES string of the molecule is CCOC(C)(OCC)N(CC(=Cc1ccccc1)c1ccccc1)C(C(=O)O)C(O)(CC(=O)O)C(=O)O. The van der Waals surface area contributed by atoms with E-state index in [9.17, 15) is 34.8 Å². The molecule has 0 aliphatic heterocycles. The maximum atomic E-state index is 12.6. The standard InChI is InChI=1S/C27H33NO9/c1-4-36-26(3,37-5-2)28(23(24(31)32)27(35,25(33)34)17-22(29)30)18-21(20-14-10-7-11-15-20)16-19-12-8-6-9-13-19/h6-16,23,35H,4-5,17-18H2,1-3H3,(H,29,30)(H,31,32)(H,33,34). The van der Waals surface area contributed by atoms with Crippen LogP contribution in [0.5, 0.6) is 0 Å². The molecule has 0 fully saturated rings. The Morgan fingerprint density at radius 3 is 1.86 bits per heavy atom. The number of nitrogens with zero attached hydrogens (tertiary/aromatic N) is 1. The van der Waals surface area contributed by atoms with Crippen LogP contribution < -0.4 is 0 Å². The zero-order valence-electron chi connectivity index (χ0n) is 21.0. The Balaban J connectivity index is 2.82. The lowest BCUT2D eigenvalue weighted by Gasteiger charge is -2.46. The van der Waals surface area contributed by atoms with Crippen LogP contribution in [0, 0.1) is 0 Å². The van der Waals surface area contributed by atoms with Crippen LogP contribution in [-0.2, 0) is 23.9 Å². The van der Waals surface area contributed by atoms with E-state index >= 15 is 0 Å². The van der Waals surface area contributed by atoms with Gasteiger partial charge in [-0.05, 0) is 36.6 Å². The lowest BCUT2D eigenvalue weighted by molar-refractivity contribution is -0.318. The maximum Gasteiger partial charge on any atom is 0.338 e. The molecule has 200 valence electrons. The molecular weight excluding hydrogens is 482 g/mol. The predicted molar refractivity (Wildman–Crippen MR) is 135 cm³/mol. The third-order valence-electron chi connectivity index (χ3n) is 5.76. The molecule has 0 aliphatic rings. The molecule has 2 atom stereocenters. The number of carbonyl (C=O) groups is 3. The van der Waals surface area contributed by atoms with Crippen molar-refractivity contribution in [1.29, 1.82) is 0 Å². The van der Waals surface area contributed by atoms with Gasteiger partial charge >= 0.3 is 17.9 Å². The van der Waals surface area contributed by atoms with Crippen molar-refractivity contribution in [3.8, 4) is 0 Å². The van der Waals surface area contributed by atoms with Gasteiger partial charge in [0, 0.05) is 26.7 Å². The minimum absolute atomic E-state index is 0.0485. The van der Waals surface area contributed by atoms with Crippen molar-refractivity contribution in [2.45, 2.75) is 44.7 Å². The van der Waals surface area contributed by atoms with E-state index in [2.05, 4.69) is 0 Å². The van der Waals surface area contributed by atoms with Gasteiger partial charge in [0.05, 0.1) is 6.42 Å². The van der Waals surface area contributed by atoms with E-state index in [1.165, 1.54) is 6.92 Å².